The Morgan fingerprint density at radius 3 is 0.902 bits per heavy atom. The van der Waals surface area contributed by atoms with Crippen LogP contribution in [-0.4, -0.2) is 32.1 Å². The topological polar surface area (TPSA) is 18.5 Å². The van der Waals surface area contributed by atoms with Crippen molar-refractivity contribution >= 4 is 45.6 Å². The molecule has 1 aliphatic heterocycles. The molecule has 0 amide bonds. The van der Waals surface area contributed by atoms with Crippen molar-refractivity contribution in [2.45, 2.75) is 76.2 Å². The van der Waals surface area contributed by atoms with Gasteiger partial charge in [-0.2, -0.15) is 0 Å². The van der Waals surface area contributed by atoms with E-state index in [4.69, 9.17) is 8.85 Å². The van der Waals surface area contributed by atoms with Gasteiger partial charge in [-0.25, -0.2) is 0 Å². The second kappa shape index (κ2) is 13.5. The zero-order valence-electron chi connectivity index (χ0n) is 25.2. The van der Waals surface area contributed by atoms with Crippen LogP contribution in [0.1, 0.15) is 41.5 Å². The molecule has 0 unspecified atom stereocenters. The Morgan fingerprint density at radius 2 is 0.683 bits per heavy atom. The van der Waals surface area contributed by atoms with Gasteiger partial charge in [0.15, 0.2) is 0 Å². The van der Waals surface area contributed by atoms with Gasteiger partial charge in [-0.3, -0.25) is 0 Å². The average molecular weight is 599 g/mol. The van der Waals surface area contributed by atoms with Gasteiger partial charge in [-0.05, 0) is 48.1 Å². The number of hydrogen-bond acceptors (Lipinski definition) is 2. The fourth-order valence-corrected chi connectivity index (χ4v) is 16.2. The van der Waals surface area contributed by atoms with E-state index in [9.17, 15) is 0 Å². The Morgan fingerprint density at radius 1 is 0.439 bits per heavy atom. The maximum atomic E-state index is 7.46. The summed E-state index contributed by atoms with van der Waals surface area (Å²) >= 11 is 0. The highest BCUT2D eigenvalue weighted by Crippen LogP contribution is 2.54. The molecule has 5 heteroatoms. The van der Waals surface area contributed by atoms with Crippen molar-refractivity contribution in [2.75, 3.05) is 0 Å². The predicted octanol–water partition coefficient (Wildman–Crippen LogP) is 8.08. The largest absolute Gasteiger partial charge is 0.387 e. The monoisotopic (exact) mass is 598 g/mol. The van der Waals surface area contributed by atoms with E-state index in [1.165, 1.54) is 21.2 Å². The lowest BCUT2D eigenvalue weighted by Crippen LogP contribution is -2.45. The van der Waals surface area contributed by atoms with Crippen molar-refractivity contribution < 1.29 is 8.85 Å². The van der Waals surface area contributed by atoms with Gasteiger partial charge in [0.25, 0.3) is 0 Å². The van der Waals surface area contributed by atoms with Crippen LogP contribution < -0.4 is 21.2 Å². The summed E-state index contributed by atoms with van der Waals surface area (Å²) in [5.74, 6) is 0. The first-order valence-electron chi connectivity index (χ1n) is 15.0. The van der Waals surface area contributed by atoms with Gasteiger partial charge in [0, 0.05) is 11.3 Å². The van der Waals surface area contributed by atoms with Gasteiger partial charge in [-0.15, -0.1) is 0 Å². The molecule has 1 heterocycles. The Balaban J connectivity index is 1.62. The Bertz CT molecular complexity index is 1170. The van der Waals surface area contributed by atoms with Crippen LogP contribution in [0.15, 0.2) is 121 Å². The first-order chi connectivity index (χ1) is 19.8. The third kappa shape index (κ3) is 6.31. The van der Waals surface area contributed by atoms with Crippen molar-refractivity contribution in [3.8, 4) is 0 Å². The molecule has 1 saturated heterocycles. The molecule has 5 rings (SSSR count). The molecule has 1 fully saturated rings. The molecule has 4 aromatic carbocycles. The Kier molecular flexibility index (Phi) is 9.95. The minimum atomic E-state index is -2.51. The quantitative estimate of drug-likeness (QED) is 0.136. The number of rotatable bonds is 10. The molecule has 4 atom stereocenters. The van der Waals surface area contributed by atoms with E-state index in [-0.39, 0.29) is 23.5 Å². The third-order valence-electron chi connectivity index (χ3n) is 8.48. The van der Waals surface area contributed by atoms with E-state index in [0.717, 1.165) is 0 Å². The lowest BCUT2D eigenvalue weighted by atomic mass is 10.1. The smallest absolute Gasteiger partial charge is 0.344 e. The van der Waals surface area contributed by atoms with E-state index in [1.807, 2.05) is 0 Å². The Hall–Kier alpha value is -2.12. The van der Waals surface area contributed by atoms with Gasteiger partial charge in [0.2, 0.25) is 0 Å². The SMILES string of the molecule is CC(C)[Si]1(C(C)C)O[C@H]([C@@H](C)P(c2ccccc2)c2ccccc2)[C@@H]([C@@H](C)P(c2ccccc2)c2ccccc2)O1. The second-order valence-corrected chi connectivity index (χ2v) is 21.2. The van der Waals surface area contributed by atoms with Crippen LogP contribution in [0.2, 0.25) is 11.1 Å². The normalized spacial score (nSPS) is 20.1. The van der Waals surface area contributed by atoms with E-state index in [1.54, 1.807) is 0 Å². The zero-order chi connectivity index (χ0) is 29.0. The summed E-state index contributed by atoms with van der Waals surface area (Å²) in [6, 6.07) is 44.4. The van der Waals surface area contributed by atoms with Gasteiger partial charge in [-0.1, -0.05) is 163 Å². The molecule has 0 spiro atoms. The minimum absolute atomic E-state index is 0.0189. The molecular weight excluding hydrogens is 554 g/mol. The van der Waals surface area contributed by atoms with E-state index < -0.39 is 24.4 Å². The molecule has 0 saturated carbocycles. The van der Waals surface area contributed by atoms with Crippen molar-refractivity contribution in [2.24, 2.45) is 0 Å². The highest BCUT2D eigenvalue weighted by atomic mass is 31.1. The molecule has 214 valence electrons. The average Bonchev–Trinajstić information content (AvgIpc) is 3.43. The molecule has 0 aromatic heterocycles. The van der Waals surface area contributed by atoms with Crippen molar-refractivity contribution in [1.29, 1.82) is 0 Å². The molecule has 0 radical (unpaired) electrons. The van der Waals surface area contributed by atoms with Gasteiger partial charge in [0.05, 0.1) is 12.2 Å². The second-order valence-electron chi connectivity index (χ2n) is 11.8. The lowest BCUT2D eigenvalue weighted by Gasteiger charge is -2.37. The fraction of sp³-hybridized carbons (Fsp3) is 0.333. The molecule has 1 aliphatic rings. The Labute approximate surface area is 251 Å². The maximum Gasteiger partial charge on any atom is 0.344 e. The summed E-state index contributed by atoms with van der Waals surface area (Å²) in [7, 11) is -3.83. The standard InChI is InChI=1S/C36H44O2P2Si/c1-27(2)41(28(3)4)37-35(29(5)39(31-19-11-7-12-20-31)32-21-13-8-14-22-32)36(38-41)30(6)40(33-23-15-9-16-24-33)34-25-17-10-18-26-34/h7-30,35-36H,1-6H3/t29-,30-,35-,36-/m1/s1. The molecule has 2 nitrogen and oxygen atoms in total. The van der Waals surface area contributed by atoms with Crippen LogP contribution in [0.5, 0.6) is 0 Å². The summed E-state index contributed by atoms with van der Waals surface area (Å²) < 4.78 is 14.9. The van der Waals surface area contributed by atoms with Crippen LogP contribution in [0.4, 0.5) is 0 Å². The first kappa shape index (κ1) is 30.3. The highest BCUT2D eigenvalue weighted by molar-refractivity contribution is 7.74. The summed E-state index contributed by atoms with van der Waals surface area (Å²) in [6.45, 7) is 14.1. The summed E-state index contributed by atoms with van der Waals surface area (Å²) in [4.78, 5) is 0. The minimum Gasteiger partial charge on any atom is -0.387 e. The van der Waals surface area contributed by atoms with Gasteiger partial charge >= 0.3 is 8.56 Å². The van der Waals surface area contributed by atoms with Crippen LogP contribution in [-0.2, 0) is 8.85 Å². The van der Waals surface area contributed by atoms with Crippen LogP contribution >= 0.6 is 15.8 Å². The summed E-state index contributed by atoms with van der Waals surface area (Å²) in [5, 5.41) is 5.60. The predicted molar refractivity (Wildman–Crippen MR) is 183 cm³/mol. The molecule has 4 aromatic rings. The first-order valence-corrected chi connectivity index (χ1v) is 19.8. The van der Waals surface area contributed by atoms with E-state index in [0.29, 0.717) is 11.1 Å². The van der Waals surface area contributed by atoms with E-state index in [2.05, 4.69) is 163 Å². The molecule has 0 N–H and O–H groups in total. The summed E-state index contributed by atoms with van der Waals surface area (Å²) in [6.07, 6.45) is 0.0378. The maximum absolute atomic E-state index is 7.46. The molecule has 41 heavy (non-hydrogen) atoms. The van der Waals surface area contributed by atoms with Crippen molar-refractivity contribution in [3.05, 3.63) is 121 Å². The van der Waals surface area contributed by atoms with E-state index >= 15 is 0 Å². The molecular formula is C36H44O2P2Si. The van der Waals surface area contributed by atoms with Crippen LogP contribution in [0.25, 0.3) is 0 Å². The highest BCUT2D eigenvalue weighted by Gasteiger charge is 2.58. The third-order valence-corrected chi connectivity index (χ3v) is 18.6. The number of benzene rings is 4. The zero-order valence-corrected chi connectivity index (χ0v) is 28.0. The van der Waals surface area contributed by atoms with Crippen LogP contribution in [0.3, 0.4) is 0 Å². The number of hydrogen-bond donors (Lipinski definition) is 0. The van der Waals surface area contributed by atoms with Gasteiger partial charge < -0.3 is 8.85 Å². The van der Waals surface area contributed by atoms with Crippen molar-refractivity contribution in [3.63, 3.8) is 0 Å². The van der Waals surface area contributed by atoms with Crippen molar-refractivity contribution in [1.82, 2.24) is 0 Å². The van der Waals surface area contributed by atoms with Crippen LogP contribution in [0, 0.1) is 0 Å². The lowest BCUT2D eigenvalue weighted by molar-refractivity contribution is 0.155. The summed E-state index contributed by atoms with van der Waals surface area (Å²) in [5.41, 5.74) is 1.32. The molecule has 0 bridgehead atoms. The molecule has 0 aliphatic carbocycles. The fourth-order valence-electron chi connectivity index (χ4n) is 6.43. The van der Waals surface area contributed by atoms with Gasteiger partial charge in [0.1, 0.15) is 0 Å².